The van der Waals surface area contributed by atoms with Crippen molar-refractivity contribution in [3.8, 4) is 11.8 Å². The Labute approximate surface area is 163 Å². The van der Waals surface area contributed by atoms with Crippen LogP contribution in [0, 0.1) is 11.3 Å². The van der Waals surface area contributed by atoms with Gasteiger partial charge in [0.15, 0.2) is 5.11 Å². The number of nitrogens with one attached hydrogen (secondary N) is 2. The highest BCUT2D eigenvalue weighted by molar-refractivity contribution is 7.80. The summed E-state index contributed by atoms with van der Waals surface area (Å²) in [6, 6.07) is 17.7. The number of benzene rings is 2. The molecule has 0 bridgehead atoms. The maximum Gasteiger partial charge on any atom is 0.191 e. The summed E-state index contributed by atoms with van der Waals surface area (Å²) in [5.41, 5.74) is 5.67. The summed E-state index contributed by atoms with van der Waals surface area (Å²) in [5, 5.41) is 17.6. The monoisotopic (exact) mass is 377 g/mol. The Kier molecular flexibility index (Phi) is 6.02. The van der Waals surface area contributed by atoms with Gasteiger partial charge in [0.1, 0.15) is 5.75 Å². The molecule has 0 aliphatic heterocycles. The van der Waals surface area contributed by atoms with Crippen molar-refractivity contribution in [2.75, 3.05) is 12.4 Å². The van der Waals surface area contributed by atoms with E-state index >= 15 is 0 Å². The molecule has 0 saturated carbocycles. The van der Waals surface area contributed by atoms with Crippen molar-refractivity contribution in [1.82, 2.24) is 9.99 Å². The Hall–Kier alpha value is -3.37. The van der Waals surface area contributed by atoms with Gasteiger partial charge in [-0.3, -0.25) is 5.43 Å². The van der Waals surface area contributed by atoms with Crippen LogP contribution in [0.25, 0.3) is 10.9 Å². The SMILES string of the molecule is COc1cccc(NC(=S)N/N=C\c2cn(CCC#N)c3ccccc23)c1. The maximum absolute atomic E-state index is 8.83. The summed E-state index contributed by atoms with van der Waals surface area (Å²) in [6.45, 7) is 0.647. The summed E-state index contributed by atoms with van der Waals surface area (Å²) in [4.78, 5) is 0. The first-order valence-electron chi connectivity index (χ1n) is 8.40. The van der Waals surface area contributed by atoms with E-state index < -0.39 is 0 Å². The predicted octanol–water partition coefficient (Wildman–Crippen LogP) is 3.88. The van der Waals surface area contributed by atoms with Crippen molar-refractivity contribution in [2.24, 2.45) is 5.10 Å². The number of aryl methyl sites for hydroxylation is 1. The molecule has 6 nitrogen and oxygen atoms in total. The van der Waals surface area contributed by atoms with Crippen molar-refractivity contribution >= 4 is 40.1 Å². The number of nitrogens with zero attached hydrogens (tertiary/aromatic N) is 3. The van der Waals surface area contributed by atoms with Crippen LogP contribution < -0.4 is 15.5 Å². The van der Waals surface area contributed by atoms with Crippen LogP contribution in [0.4, 0.5) is 5.69 Å². The van der Waals surface area contributed by atoms with E-state index in [1.54, 1.807) is 13.3 Å². The van der Waals surface area contributed by atoms with Crippen LogP contribution in [0.5, 0.6) is 5.75 Å². The van der Waals surface area contributed by atoms with E-state index in [9.17, 15) is 0 Å². The fourth-order valence-corrected chi connectivity index (χ4v) is 2.92. The zero-order valence-corrected chi connectivity index (χ0v) is 15.7. The number of hydrazone groups is 1. The molecule has 3 rings (SSSR count). The number of anilines is 1. The van der Waals surface area contributed by atoms with E-state index in [4.69, 9.17) is 22.2 Å². The minimum Gasteiger partial charge on any atom is -0.497 e. The van der Waals surface area contributed by atoms with Crippen LogP contribution >= 0.6 is 12.2 Å². The number of ether oxygens (including phenoxy) is 1. The first kappa shape index (κ1) is 18.4. The third-order valence-corrected chi connectivity index (χ3v) is 4.17. The van der Waals surface area contributed by atoms with Crippen molar-refractivity contribution < 1.29 is 4.74 Å². The molecular formula is C20H19N5OS. The molecule has 0 saturated heterocycles. The number of nitriles is 1. The lowest BCUT2D eigenvalue weighted by molar-refractivity contribution is 0.415. The number of rotatable bonds is 6. The fourth-order valence-electron chi connectivity index (χ4n) is 2.75. The van der Waals surface area contributed by atoms with Gasteiger partial charge in [0.25, 0.3) is 0 Å². The molecule has 0 spiro atoms. The van der Waals surface area contributed by atoms with Gasteiger partial charge in [0.2, 0.25) is 0 Å². The van der Waals surface area contributed by atoms with Gasteiger partial charge in [-0.05, 0) is 30.4 Å². The number of hydrogen-bond acceptors (Lipinski definition) is 4. The van der Waals surface area contributed by atoms with Crippen LogP contribution in [0.2, 0.25) is 0 Å². The first-order valence-corrected chi connectivity index (χ1v) is 8.81. The molecule has 136 valence electrons. The summed E-state index contributed by atoms with van der Waals surface area (Å²) in [5.74, 6) is 0.747. The molecule has 2 aromatic carbocycles. The Balaban J connectivity index is 1.69. The van der Waals surface area contributed by atoms with Crippen molar-refractivity contribution in [3.63, 3.8) is 0 Å². The van der Waals surface area contributed by atoms with Crippen LogP contribution in [-0.2, 0) is 6.54 Å². The average molecular weight is 377 g/mol. The lowest BCUT2D eigenvalue weighted by atomic mass is 10.2. The molecule has 0 unspecified atom stereocenters. The average Bonchev–Trinajstić information content (AvgIpc) is 3.04. The zero-order valence-electron chi connectivity index (χ0n) is 14.8. The molecule has 0 radical (unpaired) electrons. The fraction of sp³-hybridized carbons (Fsp3) is 0.150. The van der Waals surface area contributed by atoms with Crippen molar-refractivity contribution in [1.29, 1.82) is 5.26 Å². The van der Waals surface area contributed by atoms with Crippen molar-refractivity contribution in [3.05, 3.63) is 60.3 Å². The lowest BCUT2D eigenvalue weighted by Gasteiger charge is -2.08. The number of methoxy groups -OCH3 is 1. The number of hydrogen-bond donors (Lipinski definition) is 2. The lowest BCUT2D eigenvalue weighted by Crippen LogP contribution is -2.23. The summed E-state index contributed by atoms with van der Waals surface area (Å²) in [7, 11) is 1.62. The highest BCUT2D eigenvalue weighted by atomic mass is 32.1. The normalized spacial score (nSPS) is 10.7. The molecule has 7 heteroatoms. The molecular weight excluding hydrogens is 358 g/mol. The van der Waals surface area contributed by atoms with Crippen LogP contribution in [0.15, 0.2) is 59.8 Å². The molecule has 0 fully saturated rings. The first-order chi connectivity index (χ1) is 13.2. The summed E-state index contributed by atoms with van der Waals surface area (Å²) < 4.78 is 7.25. The number of para-hydroxylation sites is 1. The van der Waals surface area contributed by atoms with E-state index in [-0.39, 0.29) is 0 Å². The van der Waals surface area contributed by atoms with Crippen LogP contribution in [0.1, 0.15) is 12.0 Å². The number of aromatic nitrogens is 1. The zero-order chi connectivity index (χ0) is 19.1. The molecule has 27 heavy (non-hydrogen) atoms. The van der Waals surface area contributed by atoms with Crippen molar-refractivity contribution in [2.45, 2.75) is 13.0 Å². The van der Waals surface area contributed by atoms with Gasteiger partial charge in [0.05, 0.1) is 25.8 Å². The smallest absolute Gasteiger partial charge is 0.191 e. The van der Waals surface area contributed by atoms with Crippen LogP contribution in [-0.4, -0.2) is 23.0 Å². The number of thiocarbonyl (C=S) groups is 1. The standard InChI is InChI=1S/C20H19N5OS/c1-26-17-7-4-6-16(12-17)23-20(27)24-22-13-15-14-25(11-5-10-21)19-9-3-2-8-18(15)19/h2-4,6-9,12-14H,5,11H2,1H3,(H2,23,24,27)/b22-13-. The summed E-state index contributed by atoms with van der Waals surface area (Å²) >= 11 is 5.27. The molecule has 0 aliphatic rings. The van der Waals surface area contributed by atoms with E-state index in [2.05, 4.69) is 26.5 Å². The maximum atomic E-state index is 8.83. The van der Waals surface area contributed by atoms with E-state index in [0.29, 0.717) is 18.1 Å². The van der Waals surface area contributed by atoms with E-state index in [0.717, 1.165) is 27.9 Å². The Morgan fingerprint density at radius 2 is 2.15 bits per heavy atom. The highest BCUT2D eigenvalue weighted by Crippen LogP contribution is 2.20. The van der Waals surface area contributed by atoms with Gasteiger partial charge in [-0.1, -0.05) is 24.3 Å². The second-order valence-corrected chi connectivity index (χ2v) is 6.17. The molecule has 3 aromatic rings. The Morgan fingerprint density at radius 3 is 2.96 bits per heavy atom. The highest BCUT2D eigenvalue weighted by Gasteiger charge is 2.06. The molecule has 0 atom stereocenters. The van der Waals surface area contributed by atoms with Gasteiger partial charge in [-0.15, -0.1) is 0 Å². The third-order valence-electron chi connectivity index (χ3n) is 3.98. The van der Waals surface area contributed by atoms with E-state index in [1.165, 1.54) is 0 Å². The van der Waals surface area contributed by atoms with Gasteiger partial charge in [-0.25, -0.2) is 0 Å². The van der Waals surface area contributed by atoms with Gasteiger partial charge < -0.3 is 14.6 Å². The minimum absolute atomic E-state index is 0.382. The second-order valence-electron chi connectivity index (χ2n) is 5.76. The molecule has 1 aromatic heterocycles. The summed E-state index contributed by atoms with van der Waals surface area (Å²) in [6.07, 6.45) is 4.18. The van der Waals surface area contributed by atoms with Gasteiger partial charge >= 0.3 is 0 Å². The van der Waals surface area contributed by atoms with Gasteiger partial charge in [0, 0.05) is 41.0 Å². The molecule has 0 aliphatic carbocycles. The Morgan fingerprint density at radius 1 is 1.30 bits per heavy atom. The minimum atomic E-state index is 0.382. The van der Waals surface area contributed by atoms with Gasteiger partial charge in [-0.2, -0.15) is 10.4 Å². The van der Waals surface area contributed by atoms with Crippen LogP contribution in [0.3, 0.4) is 0 Å². The topological polar surface area (TPSA) is 74.4 Å². The Bertz CT molecular complexity index is 1020. The third kappa shape index (κ3) is 4.63. The molecule has 0 amide bonds. The van der Waals surface area contributed by atoms with E-state index in [1.807, 2.05) is 54.7 Å². The quantitative estimate of drug-likeness (QED) is 0.387. The largest absolute Gasteiger partial charge is 0.497 e. The molecule has 1 heterocycles. The second kappa shape index (κ2) is 8.83. The number of fused-ring (bicyclic) bond motifs is 1. The molecule has 2 N–H and O–H groups in total. The predicted molar refractivity (Wildman–Crippen MR) is 112 cm³/mol.